The van der Waals surface area contributed by atoms with E-state index in [0.29, 0.717) is 23.7 Å². The van der Waals surface area contributed by atoms with E-state index in [4.69, 9.17) is 19.4 Å². The van der Waals surface area contributed by atoms with Crippen molar-refractivity contribution >= 4 is 17.8 Å². The van der Waals surface area contributed by atoms with Gasteiger partial charge < -0.3 is 24.7 Å². The first kappa shape index (κ1) is 18.1. The zero-order chi connectivity index (χ0) is 18.4. The Bertz CT molecular complexity index is 764. The van der Waals surface area contributed by atoms with Gasteiger partial charge >= 0.3 is 11.9 Å². The number of carbonyl (C=O) groups is 3. The van der Waals surface area contributed by atoms with Gasteiger partial charge in [-0.1, -0.05) is 0 Å². The van der Waals surface area contributed by atoms with Crippen molar-refractivity contribution in [2.75, 3.05) is 6.61 Å². The molecule has 1 heterocycles. The number of aliphatic carboxylic acids is 2. The number of amides is 1. The summed E-state index contributed by atoms with van der Waals surface area (Å²) in [7, 11) is 0. The first-order chi connectivity index (χ1) is 11.9. The highest BCUT2D eigenvalue weighted by Gasteiger charge is 2.25. The minimum Gasteiger partial charge on any atom is -0.494 e. The fraction of sp³-hybridized carbons (Fsp3) is 0.235. The Balaban J connectivity index is 2.10. The Morgan fingerprint density at radius 2 is 1.80 bits per heavy atom. The van der Waals surface area contributed by atoms with Crippen LogP contribution in [-0.2, 0) is 9.59 Å². The highest BCUT2D eigenvalue weighted by molar-refractivity contribution is 5.95. The van der Waals surface area contributed by atoms with E-state index < -0.39 is 30.3 Å². The topological polar surface area (TPSA) is 126 Å². The normalized spacial score (nSPS) is 11.6. The molecule has 3 N–H and O–H groups in total. The third-order valence-electron chi connectivity index (χ3n) is 3.26. The zero-order valence-corrected chi connectivity index (χ0v) is 13.4. The molecular weight excluding hydrogens is 330 g/mol. The van der Waals surface area contributed by atoms with Gasteiger partial charge in [0.2, 0.25) is 0 Å². The Labute approximate surface area is 143 Å². The molecule has 25 heavy (non-hydrogen) atoms. The first-order valence-corrected chi connectivity index (χ1v) is 7.49. The summed E-state index contributed by atoms with van der Waals surface area (Å²) in [4.78, 5) is 33.7. The standard InChI is InChI=1S/C17H17NO7/c1-2-24-11-5-3-10(4-6-11)13-7-8-14(25-13)16(21)18-12(17(22)23)9-15(19)20/h3-8,12H,2,9H2,1H3,(H,18,21)(H,19,20)(H,22,23)/t12-/m0/s1. The lowest BCUT2D eigenvalue weighted by Gasteiger charge is -2.10. The Kier molecular flexibility index (Phi) is 5.78. The minimum absolute atomic E-state index is 0.111. The lowest BCUT2D eigenvalue weighted by Crippen LogP contribution is -2.42. The highest BCUT2D eigenvalue weighted by atomic mass is 16.5. The number of carboxylic acids is 2. The molecule has 0 spiro atoms. The lowest BCUT2D eigenvalue weighted by molar-refractivity contribution is -0.145. The molecule has 2 aromatic rings. The molecule has 1 aromatic carbocycles. The maximum Gasteiger partial charge on any atom is 0.326 e. The molecule has 0 radical (unpaired) electrons. The SMILES string of the molecule is CCOc1ccc(-c2ccc(C(=O)N[C@@H](CC(=O)O)C(=O)O)o2)cc1. The van der Waals surface area contributed by atoms with Crippen LogP contribution in [0.2, 0.25) is 0 Å². The summed E-state index contributed by atoms with van der Waals surface area (Å²) in [5.41, 5.74) is 0.711. The van der Waals surface area contributed by atoms with Crippen molar-refractivity contribution in [3.8, 4) is 17.1 Å². The maximum absolute atomic E-state index is 12.0. The van der Waals surface area contributed by atoms with E-state index in [-0.39, 0.29) is 5.76 Å². The number of hydrogen-bond acceptors (Lipinski definition) is 5. The van der Waals surface area contributed by atoms with Crippen LogP contribution < -0.4 is 10.1 Å². The molecule has 132 valence electrons. The van der Waals surface area contributed by atoms with Crippen molar-refractivity contribution < 1.29 is 33.8 Å². The lowest BCUT2D eigenvalue weighted by atomic mass is 10.2. The molecule has 2 rings (SSSR count). The summed E-state index contributed by atoms with van der Waals surface area (Å²) in [5.74, 6) is -2.56. The molecule has 0 bridgehead atoms. The predicted molar refractivity (Wildman–Crippen MR) is 86.5 cm³/mol. The number of furan rings is 1. The van der Waals surface area contributed by atoms with Crippen LogP contribution in [0.3, 0.4) is 0 Å². The average molecular weight is 347 g/mol. The van der Waals surface area contributed by atoms with Gasteiger partial charge in [0, 0.05) is 5.56 Å². The Morgan fingerprint density at radius 1 is 1.12 bits per heavy atom. The van der Waals surface area contributed by atoms with Crippen molar-refractivity contribution in [1.82, 2.24) is 5.32 Å². The molecule has 8 nitrogen and oxygen atoms in total. The van der Waals surface area contributed by atoms with E-state index >= 15 is 0 Å². The van der Waals surface area contributed by atoms with Crippen LogP contribution in [-0.4, -0.2) is 40.7 Å². The molecule has 0 aliphatic rings. The Hall–Kier alpha value is -3.29. The molecule has 0 unspecified atom stereocenters. The summed E-state index contributed by atoms with van der Waals surface area (Å²) < 4.78 is 10.8. The van der Waals surface area contributed by atoms with Crippen molar-refractivity contribution in [2.45, 2.75) is 19.4 Å². The maximum atomic E-state index is 12.0. The minimum atomic E-state index is -1.54. The first-order valence-electron chi connectivity index (χ1n) is 7.49. The molecule has 8 heteroatoms. The van der Waals surface area contributed by atoms with Crippen LogP contribution in [0.5, 0.6) is 5.75 Å². The second kappa shape index (κ2) is 8.00. The quantitative estimate of drug-likeness (QED) is 0.666. The van der Waals surface area contributed by atoms with Crippen LogP contribution in [0.15, 0.2) is 40.8 Å². The van der Waals surface area contributed by atoms with Gasteiger partial charge in [-0.15, -0.1) is 0 Å². The third-order valence-corrected chi connectivity index (χ3v) is 3.26. The van der Waals surface area contributed by atoms with Crippen molar-refractivity contribution in [1.29, 1.82) is 0 Å². The van der Waals surface area contributed by atoms with E-state index in [9.17, 15) is 14.4 Å². The van der Waals surface area contributed by atoms with E-state index in [0.717, 1.165) is 0 Å². The van der Waals surface area contributed by atoms with Crippen LogP contribution >= 0.6 is 0 Å². The van der Waals surface area contributed by atoms with E-state index in [1.165, 1.54) is 6.07 Å². The largest absolute Gasteiger partial charge is 0.494 e. The number of rotatable bonds is 8. The van der Waals surface area contributed by atoms with E-state index in [2.05, 4.69) is 5.32 Å². The van der Waals surface area contributed by atoms with Crippen molar-refractivity contribution in [3.05, 3.63) is 42.2 Å². The molecule has 0 aliphatic carbocycles. The monoisotopic (exact) mass is 347 g/mol. The van der Waals surface area contributed by atoms with Gasteiger partial charge in [0.05, 0.1) is 13.0 Å². The molecule has 0 saturated heterocycles. The predicted octanol–water partition coefficient (Wildman–Crippen LogP) is 2.00. The van der Waals surface area contributed by atoms with Crippen molar-refractivity contribution in [2.24, 2.45) is 0 Å². The van der Waals surface area contributed by atoms with Crippen LogP contribution in [0.1, 0.15) is 23.9 Å². The van der Waals surface area contributed by atoms with E-state index in [1.807, 2.05) is 6.92 Å². The number of nitrogens with one attached hydrogen (secondary N) is 1. The molecule has 1 atom stereocenters. The van der Waals surface area contributed by atoms with Gasteiger partial charge in [-0.2, -0.15) is 0 Å². The fourth-order valence-corrected chi connectivity index (χ4v) is 2.10. The van der Waals surface area contributed by atoms with Crippen LogP contribution in [0.4, 0.5) is 0 Å². The number of carbonyl (C=O) groups excluding carboxylic acids is 1. The van der Waals surface area contributed by atoms with Gasteiger partial charge in [0.1, 0.15) is 17.6 Å². The van der Waals surface area contributed by atoms with Gasteiger partial charge in [0.15, 0.2) is 5.76 Å². The summed E-state index contributed by atoms with van der Waals surface area (Å²) >= 11 is 0. The molecule has 1 amide bonds. The summed E-state index contributed by atoms with van der Waals surface area (Å²) in [5, 5.41) is 19.8. The molecule has 0 aliphatic heterocycles. The summed E-state index contributed by atoms with van der Waals surface area (Å²) in [6.45, 7) is 2.42. The molecule has 0 fully saturated rings. The smallest absolute Gasteiger partial charge is 0.326 e. The highest BCUT2D eigenvalue weighted by Crippen LogP contribution is 2.24. The zero-order valence-electron chi connectivity index (χ0n) is 13.4. The number of benzene rings is 1. The fourth-order valence-electron chi connectivity index (χ4n) is 2.10. The number of ether oxygens (including phenoxy) is 1. The second-order valence-corrected chi connectivity index (χ2v) is 5.08. The van der Waals surface area contributed by atoms with Gasteiger partial charge in [-0.25, -0.2) is 4.79 Å². The van der Waals surface area contributed by atoms with Gasteiger partial charge in [0.25, 0.3) is 5.91 Å². The number of hydrogen-bond donors (Lipinski definition) is 3. The third kappa shape index (κ3) is 4.84. The molecule has 1 aromatic heterocycles. The molecule has 0 saturated carbocycles. The number of carboxylic acid groups (broad SMARTS) is 2. The van der Waals surface area contributed by atoms with Crippen LogP contribution in [0.25, 0.3) is 11.3 Å². The average Bonchev–Trinajstić information content (AvgIpc) is 3.05. The summed E-state index contributed by atoms with van der Waals surface area (Å²) in [6.07, 6.45) is -0.729. The second-order valence-electron chi connectivity index (χ2n) is 5.08. The van der Waals surface area contributed by atoms with Gasteiger partial charge in [-0.05, 0) is 43.3 Å². The Morgan fingerprint density at radius 3 is 2.36 bits per heavy atom. The van der Waals surface area contributed by atoms with Crippen LogP contribution in [0, 0.1) is 0 Å². The summed E-state index contributed by atoms with van der Waals surface area (Å²) in [6, 6.07) is 8.46. The van der Waals surface area contributed by atoms with Crippen molar-refractivity contribution in [3.63, 3.8) is 0 Å². The molecular formula is C17H17NO7. The van der Waals surface area contributed by atoms with E-state index in [1.54, 1.807) is 30.3 Å². The van der Waals surface area contributed by atoms with Gasteiger partial charge in [-0.3, -0.25) is 9.59 Å².